The first-order valence-electron chi connectivity index (χ1n) is 9.15. The molecule has 4 rings (SSSR count). The van der Waals surface area contributed by atoms with E-state index >= 15 is 0 Å². The molecule has 2 heterocycles. The molecule has 1 fully saturated rings. The van der Waals surface area contributed by atoms with Gasteiger partial charge >= 0.3 is 0 Å². The zero-order valence-corrected chi connectivity index (χ0v) is 15.3. The first-order chi connectivity index (χ1) is 12.0. The number of amides is 1. The van der Waals surface area contributed by atoms with E-state index < -0.39 is 0 Å². The van der Waals surface area contributed by atoms with E-state index in [1.54, 1.807) is 0 Å². The van der Waals surface area contributed by atoms with Crippen LogP contribution in [0, 0.1) is 12.8 Å². The molecule has 0 atom stereocenters. The summed E-state index contributed by atoms with van der Waals surface area (Å²) >= 11 is 0. The van der Waals surface area contributed by atoms with E-state index in [2.05, 4.69) is 38.1 Å². The van der Waals surface area contributed by atoms with Gasteiger partial charge in [0.15, 0.2) is 5.69 Å². The molecule has 0 saturated carbocycles. The Hall–Kier alpha value is -2.14. The second-order valence-electron chi connectivity index (χ2n) is 7.66. The van der Waals surface area contributed by atoms with Crippen molar-refractivity contribution in [2.24, 2.45) is 5.92 Å². The third-order valence-electron chi connectivity index (χ3n) is 5.34. The van der Waals surface area contributed by atoms with E-state index in [-0.39, 0.29) is 5.91 Å². The molecule has 1 aliphatic carbocycles. The average Bonchev–Trinajstić information content (AvgIpc) is 3.12. The highest BCUT2D eigenvalue weighted by molar-refractivity contribution is 5.94. The Bertz CT molecular complexity index is 802. The summed E-state index contributed by atoms with van der Waals surface area (Å²) in [7, 11) is 4.17. The minimum atomic E-state index is 0.112. The molecule has 2 aromatic rings. The molecule has 132 valence electrons. The van der Waals surface area contributed by atoms with E-state index in [9.17, 15) is 4.79 Å². The van der Waals surface area contributed by atoms with Crippen molar-refractivity contribution in [3.05, 3.63) is 46.8 Å². The van der Waals surface area contributed by atoms with Gasteiger partial charge in [-0.25, -0.2) is 4.68 Å². The monoisotopic (exact) mass is 338 g/mol. The third-order valence-corrected chi connectivity index (χ3v) is 5.34. The molecule has 1 aromatic heterocycles. The van der Waals surface area contributed by atoms with Crippen LogP contribution in [0.5, 0.6) is 0 Å². The van der Waals surface area contributed by atoms with Crippen LogP contribution in [0.25, 0.3) is 5.69 Å². The van der Waals surface area contributed by atoms with Crippen molar-refractivity contribution in [1.29, 1.82) is 0 Å². The molecular weight excluding hydrogens is 312 g/mol. The number of hydrogen-bond donors (Lipinski definition) is 0. The third kappa shape index (κ3) is 2.86. The number of carbonyl (C=O) groups is 1. The molecule has 2 aliphatic rings. The number of aromatic nitrogens is 2. The van der Waals surface area contributed by atoms with E-state index in [1.807, 2.05) is 21.7 Å². The Morgan fingerprint density at radius 2 is 2.00 bits per heavy atom. The predicted octanol–water partition coefficient (Wildman–Crippen LogP) is 2.30. The van der Waals surface area contributed by atoms with Gasteiger partial charge in [-0.2, -0.15) is 5.10 Å². The van der Waals surface area contributed by atoms with Gasteiger partial charge in [-0.05, 0) is 51.9 Å². The zero-order chi connectivity index (χ0) is 17.6. The van der Waals surface area contributed by atoms with Crippen molar-refractivity contribution in [1.82, 2.24) is 19.6 Å². The fourth-order valence-electron chi connectivity index (χ4n) is 4.13. The van der Waals surface area contributed by atoms with Crippen LogP contribution in [0.3, 0.4) is 0 Å². The maximum atomic E-state index is 13.0. The van der Waals surface area contributed by atoms with Gasteiger partial charge in [-0.1, -0.05) is 18.2 Å². The molecule has 0 unspecified atom stereocenters. The Labute approximate surface area is 149 Å². The van der Waals surface area contributed by atoms with Crippen molar-refractivity contribution < 1.29 is 4.79 Å². The fourth-order valence-corrected chi connectivity index (χ4v) is 4.13. The molecule has 5 nitrogen and oxygen atoms in total. The van der Waals surface area contributed by atoms with Crippen LogP contribution in [0.4, 0.5) is 0 Å². The standard InChI is InChI=1S/C20H26N4O/c1-14-7-4-5-9-17(14)24-18-10-6-8-16(18)19(21-24)20(25)23-12-15(13-23)11-22(2)3/h4-5,7,9,15H,6,8,10-13H2,1-3H3. The zero-order valence-electron chi connectivity index (χ0n) is 15.3. The number of aryl methyl sites for hydroxylation is 1. The van der Waals surface area contributed by atoms with Crippen LogP contribution in [-0.2, 0) is 12.8 Å². The smallest absolute Gasteiger partial charge is 0.274 e. The fraction of sp³-hybridized carbons (Fsp3) is 0.500. The summed E-state index contributed by atoms with van der Waals surface area (Å²) in [5.41, 5.74) is 5.36. The minimum Gasteiger partial charge on any atom is -0.336 e. The molecule has 25 heavy (non-hydrogen) atoms. The van der Waals surface area contributed by atoms with Crippen molar-refractivity contribution >= 4 is 5.91 Å². The lowest BCUT2D eigenvalue weighted by atomic mass is 9.98. The average molecular weight is 338 g/mol. The highest BCUT2D eigenvalue weighted by Gasteiger charge is 2.35. The highest BCUT2D eigenvalue weighted by Crippen LogP contribution is 2.30. The first-order valence-corrected chi connectivity index (χ1v) is 9.15. The summed E-state index contributed by atoms with van der Waals surface area (Å²) in [4.78, 5) is 17.1. The molecule has 0 bridgehead atoms. The van der Waals surface area contributed by atoms with Gasteiger partial charge in [0.2, 0.25) is 0 Å². The number of fused-ring (bicyclic) bond motifs is 1. The quantitative estimate of drug-likeness (QED) is 0.859. The van der Waals surface area contributed by atoms with Gasteiger partial charge in [0.05, 0.1) is 5.69 Å². The summed E-state index contributed by atoms with van der Waals surface area (Å²) in [6.07, 6.45) is 3.09. The van der Waals surface area contributed by atoms with Gasteiger partial charge in [0.1, 0.15) is 0 Å². The van der Waals surface area contributed by atoms with Gasteiger partial charge in [-0.3, -0.25) is 4.79 Å². The predicted molar refractivity (Wildman–Crippen MR) is 98.3 cm³/mol. The maximum Gasteiger partial charge on any atom is 0.274 e. The van der Waals surface area contributed by atoms with E-state index in [1.165, 1.54) is 16.8 Å². The van der Waals surface area contributed by atoms with Crippen LogP contribution in [0.2, 0.25) is 0 Å². The molecular formula is C20H26N4O. The second kappa shape index (κ2) is 6.30. The molecule has 1 aromatic carbocycles. The Kier molecular flexibility index (Phi) is 4.12. The second-order valence-corrected chi connectivity index (χ2v) is 7.66. The highest BCUT2D eigenvalue weighted by atomic mass is 16.2. The SMILES string of the molecule is Cc1ccccc1-n1nc(C(=O)N2CC(CN(C)C)C2)c2c1CCC2. The first kappa shape index (κ1) is 16.3. The van der Waals surface area contributed by atoms with Crippen LogP contribution < -0.4 is 0 Å². The summed E-state index contributed by atoms with van der Waals surface area (Å²) in [5, 5.41) is 4.77. The molecule has 1 aliphatic heterocycles. The van der Waals surface area contributed by atoms with Crippen LogP contribution in [-0.4, -0.2) is 59.2 Å². The number of nitrogens with zero attached hydrogens (tertiary/aromatic N) is 4. The lowest BCUT2D eigenvalue weighted by Crippen LogP contribution is -2.53. The minimum absolute atomic E-state index is 0.112. The largest absolute Gasteiger partial charge is 0.336 e. The molecule has 5 heteroatoms. The van der Waals surface area contributed by atoms with Crippen molar-refractivity contribution in [3.8, 4) is 5.69 Å². The summed E-state index contributed by atoms with van der Waals surface area (Å²) < 4.78 is 2.02. The van der Waals surface area contributed by atoms with Crippen LogP contribution >= 0.6 is 0 Å². The van der Waals surface area contributed by atoms with E-state index in [4.69, 9.17) is 5.10 Å². The van der Waals surface area contributed by atoms with Crippen molar-refractivity contribution in [2.75, 3.05) is 33.7 Å². The van der Waals surface area contributed by atoms with Crippen LogP contribution in [0.1, 0.15) is 33.7 Å². The maximum absolute atomic E-state index is 13.0. The Morgan fingerprint density at radius 3 is 2.72 bits per heavy atom. The normalized spacial score (nSPS) is 17.0. The Morgan fingerprint density at radius 1 is 1.24 bits per heavy atom. The number of hydrogen-bond acceptors (Lipinski definition) is 3. The van der Waals surface area contributed by atoms with Gasteiger partial charge in [0, 0.05) is 36.8 Å². The topological polar surface area (TPSA) is 41.4 Å². The number of rotatable bonds is 4. The van der Waals surface area contributed by atoms with Gasteiger partial charge < -0.3 is 9.80 Å². The number of likely N-dealkylation sites (tertiary alicyclic amines) is 1. The molecule has 1 amide bonds. The van der Waals surface area contributed by atoms with Crippen LogP contribution in [0.15, 0.2) is 24.3 Å². The molecule has 1 saturated heterocycles. The van der Waals surface area contributed by atoms with Crippen molar-refractivity contribution in [2.45, 2.75) is 26.2 Å². The number of benzene rings is 1. The summed E-state index contributed by atoms with van der Waals surface area (Å²) in [6, 6.07) is 8.26. The van der Waals surface area contributed by atoms with Crippen molar-refractivity contribution in [3.63, 3.8) is 0 Å². The summed E-state index contributed by atoms with van der Waals surface area (Å²) in [6.45, 7) is 4.84. The van der Waals surface area contributed by atoms with E-state index in [0.717, 1.165) is 44.6 Å². The molecule has 0 radical (unpaired) electrons. The van der Waals surface area contributed by atoms with Gasteiger partial charge in [-0.15, -0.1) is 0 Å². The number of para-hydroxylation sites is 1. The van der Waals surface area contributed by atoms with Gasteiger partial charge in [0.25, 0.3) is 5.91 Å². The summed E-state index contributed by atoms with van der Waals surface area (Å²) in [5.74, 6) is 0.700. The lowest BCUT2D eigenvalue weighted by Gasteiger charge is -2.40. The molecule has 0 N–H and O–H groups in total. The Balaban J connectivity index is 1.61. The number of carbonyl (C=O) groups excluding carboxylic acids is 1. The lowest BCUT2D eigenvalue weighted by molar-refractivity contribution is 0.0443. The molecule has 0 spiro atoms. The van der Waals surface area contributed by atoms with E-state index in [0.29, 0.717) is 11.6 Å².